The average molecular weight is 240 g/mol. The fourth-order valence-electron chi connectivity index (χ4n) is 1.23. The molecule has 0 N–H and O–H groups in total. The fourth-order valence-corrected chi connectivity index (χ4v) is 5.24. The summed E-state index contributed by atoms with van der Waals surface area (Å²) in [5.74, 6) is 3.89. The minimum Gasteiger partial charge on any atom is -0.176 e. The zero-order valence-electron chi connectivity index (χ0n) is 7.27. The van der Waals surface area contributed by atoms with Gasteiger partial charge in [-0.3, -0.25) is 0 Å². The van der Waals surface area contributed by atoms with Gasteiger partial charge in [-0.05, 0) is 11.7 Å². The SMILES string of the molecule is CC(S)CC(S)C1CSCCS1. The molecule has 0 bridgehead atoms. The Bertz CT molecular complexity index is 120. The van der Waals surface area contributed by atoms with Crippen molar-refractivity contribution in [1.29, 1.82) is 0 Å². The Balaban J connectivity index is 2.24. The smallest absolute Gasteiger partial charge is 0.0255 e. The van der Waals surface area contributed by atoms with Crippen molar-refractivity contribution in [2.24, 2.45) is 0 Å². The molecule has 1 aliphatic heterocycles. The van der Waals surface area contributed by atoms with Crippen molar-refractivity contribution in [3.05, 3.63) is 0 Å². The third-order valence-electron chi connectivity index (χ3n) is 1.85. The van der Waals surface area contributed by atoms with Crippen LogP contribution in [-0.4, -0.2) is 33.0 Å². The first kappa shape index (κ1) is 11.5. The lowest BCUT2D eigenvalue weighted by Gasteiger charge is -2.26. The van der Waals surface area contributed by atoms with Gasteiger partial charge in [0.05, 0.1) is 0 Å². The molecule has 0 radical (unpaired) electrons. The van der Waals surface area contributed by atoms with E-state index in [0.29, 0.717) is 10.5 Å². The molecule has 0 saturated carbocycles. The summed E-state index contributed by atoms with van der Waals surface area (Å²) in [6, 6.07) is 0. The van der Waals surface area contributed by atoms with Crippen LogP contribution in [0.4, 0.5) is 0 Å². The van der Waals surface area contributed by atoms with E-state index in [-0.39, 0.29) is 0 Å². The monoisotopic (exact) mass is 240 g/mol. The van der Waals surface area contributed by atoms with Crippen LogP contribution in [0.1, 0.15) is 13.3 Å². The van der Waals surface area contributed by atoms with Gasteiger partial charge in [-0.1, -0.05) is 6.92 Å². The molecule has 1 aliphatic rings. The van der Waals surface area contributed by atoms with E-state index in [4.69, 9.17) is 0 Å². The maximum absolute atomic E-state index is 4.63. The van der Waals surface area contributed by atoms with Crippen molar-refractivity contribution in [1.82, 2.24) is 0 Å². The van der Waals surface area contributed by atoms with Crippen molar-refractivity contribution >= 4 is 48.8 Å². The maximum Gasteiger partial charge on any atom is 0.0255 e. The number of hydrogen-bond donors (Lipinski definition) is 2. The second-order valence-electron chi connectivity index (χ2n) is 3.14. The van der Waals surface area contributed by atoms with Crippen LogP contribution in [0.3, 0.4) is 0 Å². The van der Waals surface area contributed by atoms with E-state index in [1.807, 2.05) is 0 Å². The van der Waals surface area contributed by atoms with Gasteiger partial charge in [0, 0.05) is 27.8 Å². The molecule has 3 atom stereocenters. The van der Waals surface area contributed by atoms with E-state index in [1.165, 1.54) is 17.3 Å². The molecule has 4 heteroatoms. The molecule has 1 rings (SSSR count). The van der Waals surface area contributed by atoms with E-state index >= 15 is 0 Å². The second kappa shape index (κ2) is 5.99. The van der Waals surface area contributed by atoms with Gasteiger partial charge in [0.25, 0.3) is 0 Å². The molecule has 1 saturated heterocycles. The number of thioether (sulfide) groups is 2. The molecule has 0 amide bonds. The Kier molecular flexibility index (Phi) is 5.73. The first-order valence-corrected chi connectivity index (χ1v) is 7.49. The topological polar surface area (TPSA) is 0 Å². The highest BCUT2D eigenvalue weighted by Gasteiger charge is 2.22. The predicted molar refractivity (Wildman–Crippen MR) is 69.4 cm³/mol. The van der Waals surface area contributed by atoms with Crippen molar-refractivity contribution in [3.63, 3.8) is 0 Å². The van der Waals surface area contributed by atoms with Crippen molar-refractivity contribution in [2.45, 2.75) is 29.1 Å². The van der Waals surface area contributed by atoms with Gasteiger partial charge in [0.1, 0.15) is 0 Å². The Labute approximate surface area is 94.8 Å². The Hall–Kier alpha value is 1.40. The van der Waals surface area contributed by atoms with Gasteiger partial charge in [0.15, 0.2) is 0 Å². The lowest BCUT2D eigenvalue weighted by Crippen LogP contribution is -2.26. The van der Waals surface area contributed by atoms with Crippen LogP contribution in [0.25, 0.3) is 0 Å². The zero-order chi connectivity index (χ0) is 8.97. The molecular weight excluding hydrogens is 224 g/mol. The van der Waals surface area contributed by atoms with Crippen LogP contribution in [0.5, 0.6) is 0 Å². The standard InChI is InChI=1S/C8H16S4/c1-6(9)4-7(10)8-5-11-2-3-12-8/h6-10H,2-5H2,1H3. The lowest BCUT2D eigenvalue weighted by molar-refractivity contribution is 0.752. The zero-order valence-corrected chi connectivity index (χ0v) is 10.7. The van der Waals surface area contributed by atoms with Crippen LogP contribution < -0.4 is 0 Å². The Morgan fingerprint density at radius 1 is 1.42 bits per heavy atom. The van der Waals surface area contributed by atoms with Gasteiger partial charge in [-0.2, -0.15) is 48.8 Å². The fraction of sp³-hybridized carbons (Fsp3) is 1.00. The van der Waals surface area contributed by atoms with Gasteiger partial charge >= 0.3 is 0 Å². The van der Waals surface area contributed by atoms with Crippen molar-refractivity contribution in [3.8, 4) is 0 Å². The molecule has 1 fully saturated rings. The van der Waals surface area contributed by atoms with Crippen molar-refractivity contribution in [2.75, 3.05) is 17.3 Å². The third kappa shape index (κ3) is 4.07. The van der Waals surface area contributed by atoms with Crippen LogP contribution in [-0.2, 0) is 0 Å². The summed E-state index contributed by atoms with van der Waals surface area (Å²) in [6.45, 7) is 2.15. The minimum atomic E-state index is 0.486. The number of hydrogen-bond acceptors (Lipinski definition) is 4. The quantitative estimate of drug-likeness (QED) is 0.728. The lowest BCUT2D eigenvalue weighted by atomic mass is 10.2. The molecule has 0 aromatic rings. The summed E-state index contributed by atoms with van der Waals surface area (Å²) >= 11 is 13.2. The summed E-state index contributed by atoms with van der Waals surface area (Å²) < 4.78 is 0. The van der Waals surface area contributed by atoms with Gasteiger partial charge in [0.2, 0.25) is 0 Å². The molecule has 3 unspecified atom stereocenters. The molecule has 0 aromatic heterocycles. The summed E-state index contributed by atoms with van der Waals surface area (Å²) in [5, 5.41) is 1.78. The highest BCUT2D eigenvalue weighted by atomic mass is 32.2. The highest BCUT2D eigenvalue weighted by molar-refractivity contribution is 8.07. The molecule has 12 heavy (non-hydrogen) atoms. The van der Waals surface area contributed by atoms with Crippen molar-refractivity contribution < 1.29 is 0 Å². The summed E-state index contributed by atoms with van der Waals surface area (Å²) in [6.07, 6.45) is 1.13. The van der Waals surface area contributed by atoms with Crippen LogP contribution >= 0.6 is 48.8 Å². The summed E-state index contributed by atoms with van der Waals surface area (Å²) in [4.78, 5) is 0. The van der Waals surface area contributed by atoms with E-state index in [1.54, 1.807) is 0 Å². The first-order valence-electron chi connectivity index (χ1n) is 4.25. The van der Waals surface area contributed by atoms with E-state index in [0.717, 1.165) is 11.7 Å². The molecule has 72 valence electrons. The number of thiol groups is 2. The Morgan fingerprint density at radius 3 is 2.67 bits per heavy atom. The van der Waals surface area contributed by atoms with E-state index in [9.17, 15) is 0 Å². The Morgan fingerprint density at radius 2 is 2.17 bits per heavy atom. The molecule has 0 nitrogen and oxygen atoms in total. The molecule has 0 aromatic carbocycles. The molecular formula is C8H16S4. The van der Waals surface area contributed by atoms with E-state index in [2.05, 4.69) is 55.7 Å². The minimum absolute atomic E-state index is 0.486. The van der Waals surface area contributed by atoms with Crippen LogP contribution in [0, 0.1) is 0 Å². The van der Waals surface area contributed by atoms with E-state index < -0.39 is 0 Å². The van der Waals surface area contributed by atoms with Gasteiger partial charge < -0.3 is 0 Å². The summed E-state index contributed by atoms with van der Waals surface area (Å²) in [7, 11) is 0. The number of rotatable bonds is 3. The first-order chi connectivity index (χ1) is 5.70. The second-order valence-corrected chi connectivity index (χ2v) is 7.18. The average Bonchev–Trinajstić information content (AvgIpc) is 2.05. The molecule has 1 heterocycles. The highest BCUT2D eigenvalue weighted by Crippen LogP contribution is 2.30. The molecule has 0 aliphatic carbocycles. The predicted octanol–water partition coefficient (Wildman–Crippen LogP) is 2.84. The normalized spacial score (nSPS) is 29.8. The summed E-state index contributed by atoms with van der Waals surface area (Å²) in [5.41, 5.74) is 0. The van der Waals surface area contributed by atoms with Crippen LogP contribution in [0.2, 0.25) is 0 Å². The van der Waals surface area contributed by atoms with Gasteiger partial charge in [-0.25, -0.2) is 0 Å². The largest absolute Gasteiger partial charge is 0.176 e. The molecule has 0 spiro atoms. The maximum atomic E-state index is 4.63. The van der Waals surface area contributed by atoms with Crippen LogP contribution in [0.15, 0.2) is 0 Å². The third-order valence-corrected chi connectivity index (χ3v) is 5.76. The van der Waals surface area contributed by atoms with Gasteiger partial charge in [-0.15, -0.1) is 0 Å².